The summed E-state index contributed by atoms with van der Waals surface area (Å²) in [7, 11) is 3.40. The molecule has 1 aliphatic rings. The lowest BCUT2D eigenvalue weighted by atomic mass is 10.1. The highest BCUT2D eigenvalue weighted by atomic mass is 32.2. The monoisotopic (exact) mass is 496 g/mol. The molecule has 184 valence electrons. The molecule has 4 rings (SSSR count). The molecule has 1 aliphatic carbocycles. The van der Waals surface area contributed by atoms with Gasteiger partial charge < -0.3 is 15.4 Å². The molecule has 9 heteroatoms. The molecule has 1 amide bonds. The standard InChI is InChI=1S/C26H29FN4O3S/c1-15-8-11-21(20(27)12-15)30-24-22(25(32)29-18-9-10-18)23(16(2)26(33)31(24)4)34-19-7-5-6-17(13-19)14-35-28-3/h5-8,11-13,18,28,30H,9-10,14H2,1-4H3,(H,29,32). The van der Waals surface area contributed by atoms with E-state index >= 15 is 0 Å². The number of aryl methyl sites for hydroxylation is 1. The number of hydrogen-bond donors (Lipinski definition) is 3. The summed E-state index contributed by atoms with van der Waals surface area (Å²) in [5.74, 6) is 0.682. The lowest BCUT2D eigenvalue weighted by Crippen LogP contribution is -2.31. The van der Waals surface area contributed by atoms with Crippen molar-refractivity contribution >= 4 is 29.4 Å². The van der Waals surface area contributed by atoms with Crippen molar-refractivity contribution < 1.29 is 13.9 Å². The summed E-state index contributed by atoms with van der Waals surface area (Å²) in [4.78, 5) is 26.6. The zero-order valence-corrected chi connectivity index (χ0v) is 21.0. The van der Waals surface area contributed by atoms with Gasteiger partial charge in [-0.1, -0.05) is 30.1 Å². The van der Waals surface area contributed by atoms with E-state index in [4.69, 9.17) is 4.74 Å². The van der Waals surface area contributed by atoms with Crippen LogP contribution in [0.4, 0.5) is 15.9 Å². The average molecular weight is 497 g/mol. The molecule has 1 aromatic heterocycles. The maximum Gasteiger partial charge on any atom is 0.259 e. The van der Waals surface area contributed by atoms with Gasteiger partial charge >= 0.3 is 0 Å². The highest BCUT2D eigenvalue weighted by molar-refractivity contribution is 7.96. The molecule has 0 bridgehead atoms. The van der Waals surface area contributed by atoms with Crippen LogP contribution in [0.2, 0.25) is 0 Å². The first-order valence-electron chi connectivity index (χ1n) is 11.4. The van der Waals surface area contributed by atoms with Crippen LogP contribution in [-0.2, 0) is 12.8 Å². The third kappa shape index (κ3) is 5.68. The first kappa shape index (κ1) is 24.8. The van der Waals surface area contributed by atoms with E-state index in [9.17, 15) is 14.0 Å². The van der Waals surface area contributed by atoms with Crippen LogP contribution >= 0.6 is 11.9 Å². The molecule has 0 saturated heterocycles. The van der Waals surface area contributed by atoms with Gasteiger partial charge in [-0.15, -0.1) is 0 Å². The van der Waals surface area contributed by atoms with Gasteiger partial charge in [-0.3, -0.25) is 18.9 Å². The molecule has 2 aromatic carbocycles. The van der Waals surface area contributed by atoms with Gasteiger partial charge in [0.05, 0.1) is 11.3 Å². The second-order valence-corrected chi connectivity index (χ2v) is 9.63. The van der Waals surface area contributed by atoms with E-state index in [2.05, 4.69) is 15.4 Å². The van der Waals surface area contributed by atoms with Crippen LogP contribution in [0.15, 0.2) is 47.3 Å². The number of halogens is 1. The summed E-state index contributed by atoms with van der Waals surface area (Å²) >= 11 is 1.54. The number of nitrogens with one attached hydrogen (secondary N) is 3. The van der Waals surface area contributed by atoms with E-state index in [0.717, 1.165) is 29.7 Å². The van der Waals surface area contributed by atoms with E-state index in [-0.39, 0.29) is 40.3 Å². The van der Waals surface area contributed by atoms with E-state index in [1.165, 1.54) is 10.6 Å². The van der Waals surface area contributed by atoms with E-state index in [1.54, 1.807) is 51.0 Å². The summed E-state index contributed by atoms with van der Waals surface area (Å²) < 4.78 is 25.3. The molecule has 1 saturated carbocycles. The van der Waals surface area contributed by atoms with Crippen molar-refractivity contribution in [3.8, 4) is 11.5 Å². The second kappa shape index (κ2) is 10.5. The van der Waals surface area contributed by atoms with Crippen LogP contribution in [0, 0.1) is 19.7 Å². The number of carbonyl (C=O) groups excluding carboxylic acids is 1. The number of rotatable bonds is 9. The van der Waals surface area contributed by atoms with Crippen molar-refractivity contribution in [2.75, 3.05) is 12.4 Å². The predicted octanol–water partition coefficient (Wildman–Crippen LogP) is 4.94. The van der Waals surface area contributed by atoms with Crippen LogP contribution in [0.25, 0.3) is 0 Å². The Bertz CT molecular complexity index is 1320. The van der Waals surface area contributed by atoms with Gasteiger partial charge in [0.15, 0.2) is 5.75 Å². The van der Waals surface area contributed by atoms with Gasteiger partial charge in [-0.25, -0.2) is 4.39 Å². The molecule has 0 radical (unpaired) electrons. The Labute approximate surface area is 208 Å². The van der Waals surface area contributed by atoms with Gasteiger partial charge in [-0.05, 0) is 69.1 Å². The Hall–Kier alpha value is -3.30. The van der Waals surface area contributed by atoms with Gasteiger partial charge in [0.2, 0.25) is 0 Å². The number of pyridine rings is 1. The minimum absolute atomic E-state index is 0.0822. The average Bonchev–Trinajstić information content (AvgIpc) is 3.65. The number of ether oxygens (including phenoxy) is 1. The predicted molar refractivity (Wildman–Crippen MR) is 138 cm³/mol. The third-order valence-electron chi connectivity index (χ3n) is 5.78. The number of amides is 1. The summed E-state index contributed by atoms with van der Waals surface area (Å²) in [5.41, 5.74) is 2.04. The minimum Gasteiger partial charge on any atom is -0.456 e. The van der Waals surface area contributed by atoms with E-state index in [0.29, 0.717) is 11.3 Å². The van der Waals surface area contributed by atoms with Crippen LogP contribution < -0.4 is 25.7 Å². The van der Waals surface area contributed by atoms with Gasteiger partial charge in [-0.2, -0.15) is 0 Å². The fourth-order valence-electron chi connectivity index (χ4n) is 3.70. The zero-order chi connectivity index (χ0) is 25.1. The lowest BCUT2D eigenvalue weighted by Gasteiger charge is -2.21. The Kier molecular flexibility index (Phi) is 7.47. The molecule has 0 unspecified atom stereocenters. The zero-order valence-electron chi connectivity index (χ0n) is 20.2. The van der Waals surface area contributed by atoms with Crippen molar-refractivity contribution in [1.29, 1.82) is 0 Å². The van der Waals surface area contributed by atoms with Crippen LogP contribution in [0.3, 0.4) is 0 Å². The number of carbonyl (C=O) groups is 1. The van der Waals surface area contributed by atoms with E-state index < -0.39 is 5.82 Å². The Morgan fingerprint density at radius 2 is 1.97 bits per heavy atom. The molecule has 0 aliphatic heterocycles. The quantitative estimate of drug-likeness (QED) is 0.364. The van der Waals surface area contributed by atoms with Crippen molar-refractivity contribution in [1.82, 2.24) is 14.6 Å². The summed E-state index contributed by atoms with van der Waals surface area (Å²) in [6.45, 7) is 3.42. The summed E-state index contributed by atoms with van der Waals surface area (Å²) in [6, 6.07) is 12.3. The highest BCUT2D eigenvalue weighted by Gasteiger charge is 2.30. The summed E-state index contributed by atoms with van der Waals surface area (Å²) in [5, 5.41) is 5.96. The fourth-order valence-corrected chi connectivity index (χ4v) is 4.19. The number of anilines is 2. The first-order valence-corrected chi connectivity index (χ1v) is 12.4. The molecule has 35 heavy (non-hydrogen) atoms. The van der Waals surface area contributed by atoms with Crippen LogP contribution in [0.5, 0.6) is 11.5 Å². The number of aromatic nitrogens is 1. The van der Waals surface area contributed by atoms with Gasteiger partial charge in [0.1, 0.15) is 22.9 Å². The molecule has 0 atom stereocenters. The van der Waals surface area contributed by atoms with Crippen molar-refractivity contribution in [2.45, 2.75) is 38.5 Å². The fraction of sp³-hybridized carbons (Fsp3) is 0.308. The molecule has 1 fully saturated rings. The van der Waals surface area contributed by atoms with Gasteiger partial charge in [0, 0.05) is 18.8 Å². The maximum atomic E-state index is 14.7. The second-order valence-electron chi connectivity index (χ2n) is 8.64. The highest BCUT2D eigenvalue weighted by Crippen LogP contribution is 2.35. The molecule has 1 heterocycles. The van der Waals surface area contributed by atoms with E-state index in [1.807, 2.05) is 25.2 Å². The third-order valence-corrected chi connectivity index (χ3v) is 6.55. The molecule has 3 aromatic rings. The van der Waals surface area contributed by atoms with Crippen LogP contribution in [-0.4, -0.2) is 23.6 Å². The molecule has 3 N–H and O–H groups in total. The Morgan fingerprint density at radius 1 is 1.20 bits per heavy atom. The molecule has 0 spiro atoms. The van der Waals surface area contributed by atoms with Gasteiger partial charge in [0.25, 0.3) is 11.5 Å². The normalized spacial score (nSPS) is 12.9. The maximum absolute atomic E-state index is 14.7. The smallest absolute Gasteiger partial charge is 0.259 e. The largest absolute Gasteiger partial charge is 0.456 e. The van der Waals surface area contributed by atoms with Crippen molar-refractivity contribution in [3.05, 3.63) is 80.9 Å². The van der Waals surface area contributed by atoms with Crippen LogP contribution in [0.1, 0.15) is 39.9 Å². The lowest BCUT2D eigenvalue weighted by molar-refractivity contribution is 0.0948. The van der Waals surface area contributed by atoms with Crippen molar-refractivity contribution in [3.63, 3.8) is 0 Å². The molecular formula is C26H29FN4O3S. The SMILES string of the molecule is CNSCc1cccc(Oc2c(C(=O)NC3CC3)c(Nc3ccc(C)cc3F)n(C)c(=O)c2C)c1. The summed E-state index contributed by atoms with van der Waals surface area (Å²) in [6.07, 6.45) is 1.79. The Balaban J connectivity index is 1.83. The first-order chi connectivity index (χ1) is 16.8. The van der Waals surface area contributed by atoms with Crippen molar-refractivity contribution in [2.24, 2.45) is 7.05 Å². The number of benzene rings is 2. The number of hydrogen-bond acceptors (Lipinski definition) is 6. The molecular weight excluding hydrogens is 467 g/mol. The molecule has 7 nitrogen and oxygen atoms in total. The Morgan fingerprint density at radius 3 is 2.66 bits per heavy atom. The minimum atomic E-state index is -0.483. The number of nitrogens with zero attached hydrogens (tertiary/aromatic N) is 1. The topological polar surface area (TPSA) is 84.4 Å².